The number of nitrogens with zero attached hydrogens (tertiary/aromatic N) is 1. The maximum absolute atomic E-state index is 13.4. The van der Waals surface area contributed by atoms with Crippen LogP contribution in [-0.2, 0) is 14.3 Å². The Bertz CT molecular complexity index is 863. The van der Waals surface area contributed by atoms with Crippen LogP contribution in [0.3, 0.4) is 0 Å². The van der Waals surface area contributed by atoms with Crippen molar-refractivity contribution in [1.82, 2.24) is 0 Å². The maximum atomic E-state index is 13.4. The molecule has 1 N–H and O–H groups in total. The molecule has 2 aromatic rings. The number of ether oxygens (including phenoxy) is 1. The molecule has 9 heteroatoms. The van der Waals surface area contributed by atoms with Crippen molar-refractivity contribution in [2.24, 2.45) is 0 Å². The van der Waals surface area contributed by atoms with Gasteiger partial charge in [-0.25, -0.2) is 13.6 Å². The molecule has 0 aromatic heterocycles. The molecule has 0 spiro atoms. The Kier molecular flexibility index (Phi) is 6.10. The molecular formula is C17H12F2N2O5. The van der Waals surface area contributed by atoms with Gasteiger partial charge in [-0.05, 0) is 23.8 Å². The number of nitro groups is 1. The van der Waals surface area contributed by atoms with Crippen molar-refractivity contribution >= 4 is 29.3 Å². The smallest absolute Gasteiger partial charge is 0.331 e. The number of halogens is 2. The number of nitrogens with one attached hydrogen (secondary N) is 1. The number of para-hydroxylation sites is 1. The van der Waals surface area contributed by atoms with Crippen molar-refractivity contribution in [3.8, 4) is 0 Å². The predicted molar refractivity (Wildman–Crippen MR) is 88.1 cm³/mol. The molecule has 7 nitrogen and oxygen atoms in total. The van der Waals surface area contributed by atoms with E-state index in [1.54, 1.807) is 0 Å². The quantitative estimate of drug-likeness (QED) is 0.369. The van der Waals surface area contributed by atoms with Gasteiger partial charge in [0.2, 0.25) is 0 Å². The summed E-state index contributed by atoms with van der Waals surface area (Å²) in [6.07, 6.45) is 2.24. The second kappa shape index (κ2) is 8.47. The summed E-state index contributed by atoms with van der Waals surface area (Å²) in [5.41, 5.74) is -0.401. The molecule has 0 fully saturated rings. The maximum Gasteiger partial charge on any atom is 0.331 e. The number of carbonyl (C=O) groups is 2. The van der Waals surface area contributed by atoms with Crippen LogP contribution in [0.25, 0.3) is 6.08 Å². The van der Waals surface area contributed by atoms with E-state index in [-0.39, 0.29) is 5.69 Å². The lowest BCUT2D eigenvalue weighted by molar-refractivity contribution is -0.384. The van der Waals surface area contributed by atoms with Crippen LogP contribution >= 0.6 is 0 Å². The largest absolute Gasteiger partial charge is 0.452 e. The van der Waals surface area contributed by atoms with Crippen LogP contribution in [0.2, 0.25) is 0 Å². The Morgan fingerprint density at radius 1 is 1.15 bits per heavy atom. The summed E-state index contributed by atoms with van der Waals surface area (Å²) in [5.74, 6) is -3.75. The van der Waals surface area contributed by atoms with Gasteiger partial charge in [0.25, 0.3) is 11.6 Å². The van der Waals surface area contributed by atoms with E-state index in [2.05, 4.69) is 4.74 Å². The van der Waals surface area contributed by atoms with Gasteiger partial charge in [0.1, 0.15) is 17.3 Å². The molecule has 1 amide bonds. The highest BCUT2D eigenvalue weighted by atomic mass is 19.1. The van der Waals surface area contributed by atoms with Crippen molar-refractivity contribution in [2.75, 3.05) is 11.9 Å². The molecule has 0 aliphatic rings. The number of hydrogen-bond donors (Lipinski definition) is 1. The van der Waals surface area contributed by atoms with Crippen LogP contribution in [0.15, 0.2) is 48.5 Å². The van der Waals surface area contributed by atoms with E-state index >= 15 is 0 Å². The van der Waals surface area contributed by atoms with Gasteiger partial charge >= 0.3 is 5.97 Å². The minimum Gasteiger partial charge on any atom is -0.452 e. The van der Waals surface area contributed by atoms with Gasteiger partial charge in [0.15, 0.2) is 6.61 Å². The minimum absolute atomic E-state index is 0.146. The lowest BCUT2D eigenvalue weighted by Gasteiger charge is -2.07. The highest BCUT2D eigenvalue weighted by Crippen LogP contribution is 2.17. The fourth-order valence-corrected chi connectivity index (χ4v) is 1.88. The summed E-state index contributed by atoms with van der Waals surface area (Å²) in [5, 5.41) is 12.6. The van der Waals surface area contributed by atoms with E-state index in [1.807, 2.05) is 5.32 Å². The third kappa shape index (κ3) is 5.20. The first-order valence-electron chi connectivity index (χ1n) is 7.20. The number of nitro benzene ring substituents is 1. The molecule has 0 aliphatic carbocycles. The number of anilines is 1. The number of non-ortho nitro benzene ring substituents is 1. The first kappa shape index (κ1) is 18.7. The number of carbonyl (C=O) groups excluding carboxylic acids is 2. The predicted octanol–water partition coefficient (Wildman–Crippen LogP) is 3.07. The fraction of sp³-hybridized carbons (Fsp3) is 0.0588. The monoisotopic (exact) mass is 362 g/mol. The molecule has 2 aromatic carbocycles. The van der Waals surface area contributed by atoms with Gasteiger partial charge in [-0.15, -0.1) is 0 Å². The Balaban J connectivity index is 1.89. The van der Waals surface area contributed by atoms with Crippen molar-refractivity contribution < 1.29 is 28.0 Å². The first-order chi connectivity index (χ1) is 12.4. The van der Waals surface area contributed by atoms with E-state index < -0.39 is 40.7 Å². The van der Waals surface area contributed by atoms with E-state index in [0.29, 0.717) is 5.56 Å². The molecule has 0 radical (unpaired) electrons. The van der Waals surface area contributed by atoms with Gasteiger partial charge in [0, 0.05) is 18.2 Å². The van der Waals surface area contributed by atoms with E-state index in [4.69, 9.17) is 0 Å². The summed E-state index contributed by atoms with van der Waals surface area (Å²) in [6.45, 7) is -0.758. The molecule has 0 bridgehead atoms. The van der Waals surface area contributed by atoms with Gasteiger partial charge in [-0.2, -0.15) is 0 Å². The summed E-state index contributed by atoms with van der Waals surface area (Å²) >= 11 is 0. The van der Waals surface area contributed by atoms with Crippen LogP contribution in [0.1, 0.15) is 5.56 Å². The lowest BCUT2D eigenvalue weighted by Crippen LogP contribution is -2.21. The molecule has 0 atom stereocenters. The second-order valence-electron chi connectivity index (χ2n) is 4.94. The first-order valence-corrected chi connectivity index (χ1v) is 7.20. The van der Waals surface area contributed by atoms with Crippen LogP contribution in [0, 0.1) is 21.7 Å². The fourth-order valence-electron chi connectivity index (χ4n) is 1.88. The number of hydrogen-bond acceptors (Lipinski definition) is 5. The number of esters is 1. The molecule has 26 heavy (non-hydrogen) atoms. The lowest BCUT2D eigenvalue weighted by atomic mass is 10.2. The molecule has 0 unspecified atom stereocenters. The van der Waals surface area contributed by atoms with Gasteiger partial charge in [-0.3, -0.25) is 14.9 Å². The van der Waals surface area contributed by atoms with Crippen molar-refractivity contribution in [3.63, 3.8) is 0 Å². The summed E-state index contributed by atoms with van der Waals surface area (Å²) in [6, 6.07) is 8.58. The van der Waals surface area contributed by atoms with E-state index in [1.165, 1.54) is 30.3 Å². The summed E-state index contributed by atoms with van der Waals surface area (Å²) < 4.78 is 31.4. The van der Waals surface area contributed by atoms with Crippen LogP contribution in [0.4, 0.5) is 20.2 Å². The molecule has 0 saturated carbocycles. The molecule has 0 saturated heterocycles. The average Bonchev–Trinajstić information content (AvgIpc) is 2.61. The molecular weight excluding hydrogens is 350 g/mol. The minimum atomic E-state index is -0.963. The highest BCUT2D eigenvalue weighted by molar-refractivity contribution is 5.94. The average molecular weight is 362 g/mol. The zero-order valence-electron chi connectivity index (χ0n) is 13.1. The van der Waals surface area contributed by atoms with Gasteiger partial charge in [0.05, 0.1) is 4.92 Å². The Morgan fingerprint density at radius 2 is 1.81 bits per heavy atom. The molecule has 134 valence electrons. The Hall–Kier alpha value is -3.62. The zero-order valence-corrected chi connectivity index (χ0v) is 13.1. The standard InChI is InChI=1S/C17H12F2N2O5/c18-13-5-2-6-14(19)17(13)20-15(22)10-26-16(23)8-7-11-3-1-4-12(9-11)21(24)25/h1-9H,10H2,(H,20,22)/b8-7+. The number of benzene rings is 2. The van der Waals surface area contributed by atoms with Crippen LogP contribution < -0.4 is 5.32 Å². The Labute approximate surface area is 146 Å². The van der Waals surface area contributed by atoms with Crippen molar-refractivity contribution in [1.29, 1.82) is 0 Å². The Morgan fingerprint density at radius 3 is 2.46 bits per heavy atom. The normalized spacial score (nSPS) is 10.5. The number of amides is 1. The third-order valence-electron chi connectivity index (χ3n) is 3.07. The van der Waals surface area contributed by atoms with Crippen molar-refractivity contribution in [3.05, 3.63) is 75.9 Å². The van der Waals surface area contributed by atoms with Crippen LogP contribution in [-0.4, -0.2) is 23.4 Å². The van der Waals surface area contributed by atoms with E-state index in [0.717, 1.165) is 24.3 Å². The van der Waals surface area contributed by atoms with Crippen molar-refractivity contribution in [2.45, 2.75) is 0 Å². The third-order valence-corrected chi connectivity index (χ3v) is 3.07. The summed E-state index contributed by atoms with van der Waals surface area (Å²) in [7, 11) is 0. The van der Waals surface area contributed by atoms with E-state index in [9.17, 15) is 28.5 Å². The second-order valence-corrected chi connectivity index (χ2v) is 4.94. The topological polar surface area (TPSA) is 98.5 Å². The molecule has 0 aliphatic heterocycles. The highest BCUT2D eigenvalue weighted by Gasteiger charge is 2.13. The van der Waals surface area contributed by atoms with Crippen LogP contribution in [0.5, 0.6) is 0 Å². The number of rotatable bonds is 6. The van der Waals surface area contributed by atoms with Gasteiger partial charge < -0.3 is 10.1 Å². The summed E-state index contributed by atoms with van der Waals surface area (Å²) in [4.78, 5) is 33.2. The molecule has 2 rings (SSSR count). The zero-order chi connectivity index (χ0) is 19.1. The SMILES string of the molecule is O=C(COC(=O)/C=C/c1cccc([N+](=O)[O-])c1)Nc1c(F)cccc1F. The molecule has 0 heterocycles. The van der Waals surface area contributed by atoms with Gasteiger partial charge in [-0.1, -0.05) is 18.2 Å².